The van der Waals surface area contributed by atoms with E-state index in [-0.39, 0.29) is 6.04 Å². The Morgan fingerprint density at radius 1 is 0.886 bits per heavy atom. The van der Waals surface area contributed by atoms with Crippen LogP contribution >= 0.6 is 31.9 Å². The lowest BCUT2D eigenvalue weighted by atomic mass is 9.95. The molecule has 35 heavy (non-hydrogen) atoms. The molecule has 6 rings (SSSR count). The molecule has 4 aromatic carbocycles. The molecule has 7 heteroatoms. The molecule has 0 saturated heterocycles. The number of ether oxygens (including phenoxy) is 3. The zero-order chi connectivity index (χ0) is 24.1. The van der Waals surface area contributed by atoms with Gasteiger partial charge in [0.1, 0.15) is 5.75 Å². The van der Waals surface area contributed by atoms with Crippen molar-refractivity contribution in [3.8, 4) is 17.2 Å². The van der Waals surface area contributed by atoms with E-state index in [1.807, 2.05) is 24.3 Å². The first kappa shape index (κ1) is 22.4. The Morgan fingerprint density at radius 3 is 2.49 bits per heavy atom. The van der Waals surface area contributed by atoms with Gasteiger partial charge in [-0.05, 0) is 68.7 Å². The maximum Gasteiger partial charge on any atom is 0.214 e. The van der Waals surface area contributed by atoms with Gasteiger partial charge < -0.3 is 14.2 Å². The Morgan fingerprint density at radius 2 is 1.69 bits per heavy atom. The van der Waals surface area contributed by atoms with Crippen molar-refractivity contribution in [2.45, 2.75) is 18.7 Å². The van der Waals surface area contributed by atoms with Crippen LogP contribution in [-0.4, -0.2) is 24.9 Å². The van der Waals surface area contributed by atoms with Gasteiger partial charge in [-0.15, -0.1) is 0 Å². The molecule has 0 saturated carbocycles. The van der Waals surface area contributed by atoms with E-state index in [0.717, 1.165) is 43.5 Å². The zero-order valence-corrected chi connectivity index (χ0v) is 22.3. The maximum atomic E-state index is 6.60. The molecule has 0 bridgehead atoms. The summed E-state index contributed by atoms with van der Waals surface area (Å²) >= 11 is 7.36. The summed E-state index contributed by atoms with van der Waals surface area (Å²) in [6, 6.07) is 25.0. The summed E-state index contributed by atoms with van der Waals surface area (Å²) in [5.74, 6) is 2.17. The summed E-state index contributed by atoms with van der Waals surface area (Å²) in [5.41, 5.74) is 4.21. The van der Waals surface area contributed by atoms with Crippen LogP contribution in [0.15, 0.2) is 86.8 Å². The SMILES string of the molecule is COc1ccc([C@@H]2Oc3c(Br)cc(Br)cc3[C@@H]3CC(c4ccc5ccccc5c4)=NN32)cc1OC. The summed E-state index contributed by atoms with van der Waals surface area (Å²) in [7, 11) is 3.28. The molecule has 176 valence electrons. The summed E-state index contributed by atoms with van der Waals surface area (Å²) < 4.78 is 19.5. The van der Waals surface area contributed by atoms with Crippen molar-refractivity contribution in [3.05, 3.63) is 98.4 Å². The molecule has 0 unspecified atom stereocenters. The predicted molar refractivity (Wildman–Crippen MR) is 144 cm³/mol. The minimum atomic E-state index is -0.414. The highest BCUT2D eigenvalue weighted by atomic mass is 79.9. The molecule has 0 aromatic heterocycles. The van der Waals surface area contributed by atoms with E-state index >= 15 is 0 Å². The second-order valence-corrected chi connectivity index (χ2v) is 10.4. The van der Waals surface area contributed by atoms with Crippen molar-refractivity contribution >= 4 is 48.3 Å². The molecule has 0 radical (unpaired) electrons. The van der Waals surface area contributed by atoms with Gasteiger partial charge in [-0.25, -0.2) is 5.01 Å². The Hall–Kier alpha value is -3.03. The summed E-state index contributed by atoms with van der Waals surface area (Å²) in [6.07, 6.45) is 0.365. The lowest BCUT2D eigenvalue weighted by molar-refractivity contribution is -0.0198. The Bertz CT molecular complexity index is 1490. The highest BCUT2D eigenvalue weighted by Gasteiger charge is 2.42. The molecule has 5 nitrogen and oxygen atoms in total. The first-order chi connectivity index (χ1) is 17.1. The van der Waals surface area contributed by atoms with Crippen molar-refractivity contribution in [1.29, 1.82) is 0 Å². The average molecular weight is 594 g/mol. The molecule has 2 aliphatic rings. The number of methoxy groups -OCH3 is 2. The van der Waals surface area contributed by atoms with Gasteiger partial charge in [-0.3, -0.25) is 0 Å². The van der Waals surface area contributed by atoms with Crippen LogP contribution in [0.2, 0.25) is 0 Å². The van der Waals surface area contributed by atoms with Crippen LogP contribution in [0.5, 0.6) is 17.2 Å². The number of hydrogen-bond donors (Lipinski definition) is 0. The third-order valence-corrected chi connectivity index (χ3v) is 7.63. The molecular weight excluding hydrogens is 572 g/mol. The van der Waals surface area contributed by atoms with Crippen LogP contribution in [0, 0.1) is 0 Å². The largest absolute Gasteiger partial charge is 0.493 e. The highest BCUT2D eigenvalue weighted by Crippen LogP contribution is 2.51. The number of hydrogen-bond acceptors (Lipinski definition) is 5. The number of hydrazone groups is 1. The van der Waals surface area contributed by atoms with Gasteiger partial charge in [-0.1, -0.05) is 52.3 Å². The molecule has 0 aliphatic carbocycles. The van der Waals surface area contributed by atoms with E-state index in [2.05, 4.69) is 85.4 Å². The molecule has 4 aromatic rings. The molecule has 2 heterocycles. The molecule has 0 fully saturated rings. The van der Waals surface area contributed by atoms with Crippen LogP contribution in [-0.2, 0) is 0 Å². The van der Waals surface area contributed by atoms with Crippen LogP contribution in [0.25, 0.3) is 10.8 Å². The van der Waals surface area contributed by atoms with Gasteiger partial charge in [0.25, 0.3) is 0 Å². The van der Waals surface area contributed by atoms with E-state index in [4.69, 9.17) is 19.3 Å². The lowest BCUT2D eigenvalue weighted by Crippen LogP contribution is -2.34. The fourth-order valence-electron chi connectivity index (χ4n) is 4.88. The van der Waals surface area contributed by atoms with Crippen molar-refractivity contribution in [3.63, 3.8) is 0 Å². The monoisotopic (exact) mass is 592 g/mol. The fourth-order valence-corrected chi connectivity index (χ4v) is 6.24. The van der Waals surface area contributed by atoms with Crippen LogP contribution in [0.3, 0.4) is 0 Å². The van der Waals surface area contributed by atoms with Gasteiger partial charge >= 0.3 is 0 Å². The number of rotatable bonds is 4. The van der Waals surface area contributed by atoms with Gasteiger partial charge in [0.2, 0.25) is 6.23 Å². The van der Waals surface area contributed by atoms with Crippen LogP contribution < -0.4 is 14.2 Å². The fraction of sp³-hybridized carbons (Fsp3) is 0.179. The third-order valence-electron chi connectivity index (χ3n) is 6.58. The van der Waals surface area contributed by atoms with E-state index in [1.165, 1.54) is 10.8 Å². The van der Waals surface area contributed by atoms with Gasteiger partial charge in [0.05, 0.1) is 30.4 Å². The summed E-state index contributed by atoms with van der Waals surface area (Å²) in [4.78, 5) is 0. The molecule has 2 aliphatic heterocycles. The normalized spacial score (nSPS) is 18.5. The molecule has 2 atom stereocenters. The number of halogens is 2. The van der Waals surface area contributed by atoms with Gasteiger partial charge in [0.15, 0.2) is 11.5 Å². The predicted octanol–water partition coefficient (Wildman–Crippen LogP) is 7.62. The van der Waals surface area contributed by atoms with Crippen LogP contribution in [0.4, 0.5) is 0 Å². The lowest BCUT2D eigenvalue weighted by Gasteiger charge is -2.38. The third kappa shape index (κ3) is 3.87. The van der Waals surface area contributed by atoms with E-state index in [1.54, 1.807) is 14.2 Å². The first-order valence-corrected chi connectivity index (χ1v) is 12.9. The second-order valence-electron chi connectivity index (χ2n) is 8.60. The smallest absolute Gasteiger partial charge is 0.214 e. The second kappa shape index (κ2) is 8.88. The topological polar surface area (TPSA) is 43.3 Å². The molecule has 0 spiro atoms. The quantitative estimate of drug-likeness (QED) is 0.244. The summed E-state index contributed by atoms with van der Waals surface area (Å²) in [6.45, 7) is 0. The highest BCUT2D eigenvalue weighted by molar-refractivity contribution is 9.11. The van der Waals surface area contributed by atoms with Crippen molar-refractivity contribution in [2.75, 3.05) is 14.2 Å². The van der Waals surface area contributed by atoms with E-state index < -0.39 is 6.23 Å². The zero-order valence-electron chi connectivity index (χ0n) is 19.2. The molecule has 0 N–H and O–H groups in total. The number of nitrogens with zero attached hydrogens (tertiary/aromatic N) is 2. The Balaban J connectivity index is 1.47. The Labute approximate surface area is 220 Å². The van der Waals surface area contributed by atoms with Crippen molar-refractivity contribution in [1.82, 2.24) is 5.01 Å². The number of fused-ring (bicyclic) bond motifs is 4. The number of benzene rings is 4. The standard InChI is InChI=1S/C28H22Br2N2O3/c1-33-25-10-9-19(12-26(25)34-2)28-32-24(21-13-20(29)14-22(30)27(21)35-28)15-23(31-32)18-8-7-16-5-3-4-6-17(16)11-18/h3-14,24,28H,15H2,1-2H3/t24-,28-/m0/s1. The van der Waals surface area contributed by atoms with Gasteiger partial charge in [0, 0.05) is 22.0 Å². The molecule has 0 amide bonds. The van der Waals surface area contributed by atoms with Gasteiger partial charge in [-0.2, -0.15) is 5.10 Å². The minimum Gasteiger partial charge on any atom is -0.493 e. The average Bonchev–Trinajstić information content (AvgIpc) is 3.33. The first-order valence-electron chi connectivity index (χ1n) is 11.3. The van der Waals surface area contributed by atoms with Crippen molar-refractivity contribution in [2.24, 2.45) is 5.10 Å². The van der Waals surface area contributed by atoms with E-state index in [0.29, 0.717) is 11.5 Å². The maximum absolute atomic E-state index is 6.60. The van der Waals surface area contributed by atoms with E-state index in [9.17, 15) is 0 Å². The minimum absolute atomic E-state index is 0.0344. The Kier molecular flexibility index (Phi) is 5.69. The van der Waals surface area contributed by atoms with Crippen molar-refractivity contribution < 1.29 is 14.2 Å². The summed E-state index contributed by atoms with van der Waals surface area (Å²) in [5, 5.41) is 9.62. The molecular formula is C28H22Br2N2O3. The van der Waals surface area contributed by atoms with Crippen LogP contribution in [0.1, 0.15) is 35.4 Å².